The van der Waals surface area contributed by atoms with Gasteiger partial charge in [-0.05, 0) is 27.6 Å². The van der Waals surface area contributed by atoms with Crippen molar-refractivity contribution in [2.75, 3.05) is 14.2 Å². The van der Waals surface area contributed by atoms with Gasteiger partial charge in [0.15, 0.2) is 0 Å². The van der Waals surface area contributed by atoms with Gasteiger partial charge in [0.25, 0.3) is 0 Å². The summed E-state index contributed by atoms with van der Waals surface area (Å²) in [5, 5.41) is 0. The van der Waals surface area contributed by atoms with Gasteiger partial charge in [0.2, 0.25) is 0 Å². The first-order valence-corrected chi connectivity index (χ1v) is 6.43. The number of halogens is 1. The summed E-state index contributed by atoms with van der Waals surface area (Å²) in [5.74, 6) is 0. The molecule has 0 aliphatic heterocycles. The van der Waals surface area contributed by atoms with Crippen LogP contribution in [0.25, 0.3) is 0 Å². The van der Waals surface area contributed by atoms with Gasteiger partial charge >= 0.3 is 7.60 Å². The highest BCUT2D eigenvalue weighted by Gasteiger charge is 2.21. The predicted octanol–water partition coefficient (Wildman–Crippen LogP) is 2.83. The van der Waals surface area contributed by atoms with Gasteiger partial charge in [-0.1, -0.05) is 6.07 Å². The van der Waals surface area contributed by atoms with Crippen LogP contribution in [-0.2, 0) is 19.8 Å². The molecule has 4 nitrogen and oxygen atoms in total. The summed E-state index contributed by atoms with van der Waals surface area (Å²) in [6.07, 6.45) is 1.87. The lowest BCUT2D eigenvalue weighted by Gasteiger charge is -2.12. The fraction of sp³-hybridized carbons (Fsp3) is 0.375. The van der Waals surface area contributed by atoms with Gasteiger partial charge in [0.05, 0.1) is 6.16 Å². The van der Waals surface area contributed by atoms with Crippen molar-refractivity contribution in [1.29, 1.82) is 0 Å². The second kappa shape index (κ2) is 5.03. The second-order valence-corrected chi connectivity index (χ2v) is 5.70. The van der Waals surface area contributed by atoms with Crippen LogP contribution < -0.4 is 0 Å². The molecule has 0 saturated carbocycles. The Labute approximate surface area is 91.3 Å². The van der Waals surface area contributed by atoms with E-state index in [0.29, 0.717) is 0 Å². The topological polar surface area (TPSA) is 48.4 Å². The molecule has 1 heterocycles. The molecule has 0 fully saturated rings. The van der Waals surface area contributed by atoms with Crippen LogP contribution in [0.5, 0.6) is 0 Å². The molecular weight excluding hydrogens is 269 g/mol. The summed E-state index contributed by atoms with van der Waals surface area (Å²) in [4.78, 5) is 4.02. The molecule has 0 saturated heterocycles. The molecule has 0 atom stereocenters. The summed E-state index contributed by atoms with van der Waals surface area (Å²) in [6, 6.07) is 3.60. The first kappa shape index (κ1) is 11.9. The van der Waals surface area contributed by atoms with Gasteiger partial charge < -0.3 is 9.05 Å². The first-order valence-electron chi connectivity index (χ1n) is 3.90. The van der Waals surface area contributed by atoms with E-state index in [1.165, 1.54) is 14.2 Å². The van der Waals surface area contributed by atoms with Gasteiger partial charge in [0, 0.05) is 20.4 Å². The minimum atomic E-state index is -2.97. The van der Waals surface area contributed by atoms with Crippen molar-refractivity contribution in [1.82, 2.24) is 4.98 Å². The van der Waals surface area contributed by atoms with Crippen molar-refractivity contribution in [3.8, 4) is 0 Å². The maximum atomic E-state index is 11.7. The van der Waals surface area contributed by atoms with Crippen LogP contribution in [0.3, 0.4) is 0 Å². The zero-order valence-electron chi connectivity index (χ0n) is 7.94. The Morgan fingerprint density at radius 1 is 1.43 bits per heavy atom. The standard InChI is InChI=1S/C8H11BrNO3P/c1-12-14(11,13-2)6-7-3-4-8(9)10-5-7/h3-5H,6H2,1-2H3. The van der Waals surface area contributed by atoms with Crippen LogP contribution in [0.2, 0.25) is 0 Å². The molecule has 0 amide bonds. The monoisotopic (exact) mass is 279 g/mol. The maximum absolute atomic E-state index is 11.7. The molecule has 0 unspecified atom stereocenters. The Morgan fingerprint density at radius 2 is 2.07 bits per heavy atom. The van der Waals surface area contributed by atoms with Crippen molar-refractivity contribution in [3.63, 3.8) is 0 Å². The van der Waals surface area contributed by atoms with Crippen molar-refractivity contribution >= 4 is 23.5 Å². The smallest absolute Gasteiger partial charge is 0.312 e. The number of hydrogen-bond donors (Lipinski definition) is 0. The summed E-state index contributed by atoms with van der Waals surface area (Å²) in [6.45, 7) is 0. The molecule has 1 aromatic heterocycles. The lowest BCUT2D eigenvalue weighted by Crippen LogP contribution is -1.94. The van der Waals surface area contributed by atoms with E-state index in [0.717, 1.165) is 10.2 Å². The average Bonchev–Trinajstić information content (AvgIpc) is 2.21. The Bertz CT molecular complexity index is 333. The number of hydrogen-bond acceptors (Lipinski definition) is 4. The molecule has 78 valence electrons. The fourth-order valence-corrected chi connectivity index (χ4v) is 2.20. The lowest BCUT2D eigenvalue weighted by atomic mass is 10.3. The van der Waals surface area contributed by atoms with E-state index in [1.54, 1.807) is 12.3 Å². The largest absolute Gasteiger partial charge is 0.334 e. The van der Waals surface area contributed by atoms with Crippen LogP contribution in [0.1, 0.15) is 5.56 Å². The molecule has 0 spiro atoms. The Balaban J connectivity index is 2.78. The molecule has 1 aromatic rings. The van der Waals surface area contributed by atoms with E-state index in [1.807, 2.05) is 6.07 Å². The van der Waals surface area contributed by atoms with Crippen molar-refractivity contribution in [2.24, 2.45) is 0 Å². The van der Waals surface area contributed by atoms with E-state index in [2.05, 4.69) is 20.9 Å². The van der Waals surface area contributed by atoms with Crippen LogP contribution >= 0.6 is 23.5 Å². The molecule has 6 heteroatoms. The van der Waals surface area contributed by atoms with Crippen LogP contribution in [0.15, 0.2) is 22.9 Å². The van der Waals surface area contributed by atoms with Crippen molar-refractivity contribution in [3.05, 3.63) is 28.5 Å². The number of aromatic nitrogens is 1. The quantitative estimate of drug-likeness (QED) is 0.628. The minimum absolute atomic E-state index is 0.236. The van der Waals surface area contributed by atoms with Crippen molar-refractivity contribution < 1.29 is 13.6 Å². The summed E-state index contributed by atoms with van der Waals surface area (Å²) >= 11 is 3.22. The minimum Gasteiger partial charge on any atom is -0.312 e. The Kier molecular flexibility index (Phi) is 4.26. The van der Waals surface area contributed by atoms with E-state index in [4.69, 9.17) is 9.05 Å². The summed E-state index contributed by atoms with van der Waals surface area (Å²) in [5.41, 5.74) is 0.820. The molecule has 0 bridgehead atoms. The highest BCUT2D eigenvalue weighted by Crippen LogP contribution is 2.49. The van der Waals surface area contributed by atoms with Crippen molar-refractivity contribution in [2.45, 2.75) is 6.16 Å². The number of rotatable bonds is 4. The third-order valence-electron chi connectivity index (χ3n) is 1.72. The molecule has 0 aliphatic rings. The SMILES string of the molecule is COP(=O)(Cc1ccc(Br)nc1)OC. The lowest BCUT2D eigenvalue weighted by molar-refractivity contribution is 0.274. The molecular formula is C8H11BrNO3P. The third kappa shape index (κ3) is 3.17. The zero-order chi connectivity index (χ0) is 10.6. The van der Waals surface area contributed by atoms with Gasteiger partial charge in [-0.2, -0.15) is 0 Å². The Morgan fingerprint density at radius 3 is 2.50 bits per heavy atom. The predicted molar refractivity (Wildman–Crippen MR) is 57.3 cm³/mol. The summed E-state index contributed by atoms with van der Waals surface area (Å²) in [7, 11) is -0.230. The van der Waals surface area contributed by atoms with Gasteiger partial charge in [-0.15, -0.1) is 0 Å². The second-order valence-electron chi connectivity index (χ2n) is 2.62. The molecule has 14 heavy (non-hydrogen) atoms. The molecule has 0 aliphatic carbocycles. The Hall–Kier alpha value is -0.220. The van der Waals surface area contributed by atoms with E-state index < -0.39 is 7.60 Å². The van der Waals surface area contributed by atoms with Crippen LogP contribution in [0.4, 0.5) is 0 Å². The van der Waals surface area contributed by atoms with Crippen LogP contribution in [-0.4, -0.2) is 19.2 Å². The first-order chi connectivity index (χ1) is 6.59. The van der Waals surface area contributed by atoms with E-state index >= 15 is 0 Å². The number of pyridine rings is 1. The van der Waals surface area contributed by atoms with Gasteiger partial charge in [-0.25, -0.2) is 4.98 Å². The van der Waals surface area contributed by atoms with E-state index in [-0.39, 0.29) is 6.16 Å². The number of nitrogens with zero attached hydrogens (tertiary/aromatic N) is 1. The molecule has 0 N–H and O–H groups in total. The molecule has 0 radical (unpaired) electrons. The van der Waals surface area contributed by atoms with E-state index in [9.17, 15) is 4.57 Å². The zero-order valence-corrected chi connectivity index (χ0v) is 10.4. The highest BCUT2D eigenvalue weighted by atomic mass is 79.9. The normalized spacial score (nSPS) is 11.6. The molecule has 1 rings (SSSR count). The summed E-state index contributed by atoms with van der Waals surface area (Å²) < 4.78 is 22.1. The van der Waals surface area contributed by atoms with Crippen LogP contribution in [0, 0.1) is 0 Å². The molecule has 0 aromatic carbocycles. The fourth-order valence-electron chi connectivity index (χ4n) is 0.927. The van der Waals surface area contributed by atoms with Gasteiger partial charge in [-0.3, -0.25) is 4.57 Å². The highest BCUT2D eigenvalue weighted by molar-refractivity contribution is 9.10. The average molecular weight is 280 g/mol. The van der Waals surface area contributed by atoms with Gasteiger partial charge in [0.1, 0.15) is 4.60 Å². The third-order valence-corrected chi connectivity index (χ3v) is 4.06. The maximum Gasteiger partial charge on any atom is 0.334 e.